The van der Waals surface area contributed by atoms with E-state index in [0.717, 1.165) is 33.5 Å². The molecule has 2 aromatic carbocycles. The summed E-state index contributed by atoms with van der Waals surface area (Å²) in [5.74, 6) is 0.734. The van der Waals surface area contributed by atoms with Gasteiger partial charge in [0.15, 0.2) is 0 Å². The fourth-order valence-corrected chi connectivity index (χ4v) is 3.39. The van der Waals surface area contributed by atoms with Crippen molar-refractivity contribution in [3.05, 3.63) is 84.1 Å². The summed E-state index contributed by atoms with van der Waals surface area (Å²) in [5, 5.41) is 4.09. The van der Waals surface area contributed by atoms with Crippen molar-refractivity contribution < 1.29 is 4.79 Å². The summed E-state index contributed by atoms with van der Waals surface area (Å²) in [5.41, 5.74) is 10.1. The number of imidazole rings is 1. The van der Waals surface area contributed by atoms with Crippen LogP contribution in [0.25, 0.3) is 10.9 Å². The average Bonchev–Trinajstić information content (AvgIpc) is 3.30. The van der Waals surface area contributed by atoms with Crippen LogP contribution in [0, 0.1) is 6.92 Å². The number of hydrogen-bond acceptors (Lipinski definition) is 3. The summed E-state index contributed by atoms with van der Waals surface area (Å²) in [6, 6.07) is 15.1. The third-order valence-corrected chi connectivity index (χ3v) is 4.99. The van der Waals surface area contributed by atoms with Crippen LogP contribution in [0.4, 0.5) is 5.69 Å². The van der Waals surface area contributed by atoms with Gasteiger partial charge in [0.1, 0.15) is 5.82 Å². The third-order valence-electron chi connectivity index (χ3n) is 4.99. The van der Waals surface area contributed by atoms with Crippen LogP contribution in [0.3, 0.4) is 0 Å². The summed E-state index contributed by atoms with van der Waals surface area (Å²) >= 11 is 0. The molecule has 4 N–H and O–H groups in total. The van der Waals surface area contributed by atoms with Crippen molar-refractivity contribution in [3.63, 3.8) is 0 Å². The second-order valence-electron chi connectivity index (χ2n) is 6.92. The number of nitrogens with zero attached hydrogens (tertiary/aromatic N) is 2. The van der Waals surface area contributed by atoms with Crippen LogP contribution >= 0.6 is 0 Å². The maximum atomic E-state index is 12.7. The SMILES string of the molecule is Cc1nccn1Cc1ccccc1NC(=O)[C@@H](N)Cc1c[nH]c2ccccc12. The van der Waals surface area contributed by atoms with Crippen LogP contribution in [0.15, 0.2) is 67.1 Å². The highest BCUT2D eigenvalue weighted by molar-refractivity contribution is 5.96. The minimum absolute atomic E-state index is 0.194. The van der Waals surface area contributed by atoms with E-state index < -0.39 is 6.04 Å². The Morgan fingerprint density at radius 2 is 1.96 bits per heavy atom. The monoisotopic (exact) mass is 373 g/mol. The van der Waals surface area contributed by atoms with E-state index in [0.29, 0.717) is 13.0 Å². The molecule has 0 spiro atoms. The van der Waals surface area contributed by atoms with Crippen molar-refractivity contribution >= 4 is 22.5 Å². The number of nitrogens with two attached hydrogens (primary N) is 1. The molecule has 1 amide bonds. The lowest BCUT2D eigenvalue weighted by Crippen LogP contribution is -2.37. The van der Waals surface area contributed by atoms with Gasteiger partial charge >= 0.3 is 0 Å². The smallest absolute Gasteiger partial charge is 0.241 e. The number of carbonyl (C=O) groups is 1. The van der Waals surface area contributed by atoms with E-state index in [4.69, 9.17) is 5.73 Å². The Kier molecular flexibility index (Phi) is 4.95. The number of aromatic amines is 1. The lowest BCUT2D eigenvalue weighted by molar-refractivity contribution is -0.117. The van der Waals surface area contributed by atoms with E-state index in [9.17, 15) is 4.79 Å². The molecule has 4 rings (SSSR count). The zero-order valence-electron chi connectivity index (χ0n) is 15.7. The Bertz CT molecular complexity index is 1110. The first-order valence-electron chi connectivity index (χ1n) is 9.29. The molecule has 1 atom stereocenters. The average molecular weight is 373 g/mol. The minimum atomic E-state index is -0.637. The number of nitrogens with one attached hydrogen (secondary N) is 2. The molecule has 0 aliphatic heterocycles. The maximum Gasteiger partial charge on any atom is 0.241 e. The van der Waals surface area contributed by atoms with Crippen molar-refractivity contribution in [3.8, 4) is 0 Å². The second kappa shape index (κ2) is 7.70. The van der Waals surface area contributed by atoms with Crippen LogP contribution < -0.4 is 11.1 Å². The van der Waals surface area contributed by atoms with E-state index in [-0.39, 0.29) is 5.91 Å². The van der Waals surface area contributed by atoms with Crippen LogP contribution in [0.5, 0.6) is 0 Å². The maximum absolute atomic E-state index is 12.7. The van der Waals surface area contributed by atoms with Gasteiger partial charge in [-0.2, -0.15) is 0 Å². The molecular formula is C22H23N5O. The molecule has 28 heavy (non-hydrogen) atoms. The Morgan fingerprint density at radius 1 is 1.18 bits per heavy atom. The van der Waals surface area contributed by atoms with Crippen LogP contribution in [0.2, 0.25) is 0 Å². The van der Waals surface area contributed by atoms with Gasteiger partial charge in [0.05, 0.1) is 12.6 Å². The highest BCUT2D eigenvalue weighted by atomic mass is 16.2. The number of aryl methyl sites for hydroxylation is 1. The molecule has 0 radical (unpaired) electrons. The van der Waals surface area contributed by atoms with Gasteiger partial charge in [0, 0.05) is 35.2 Å². The Balaban J connectivity index is 1.48. The molecule has 0 aliphatic rings. The van der Waals surface area contributed by atoms with Crippen molar-refractivity contribution in [2.24, 2.45) is 5.73 Å². The Labute approximate surface area is 163 Å². The van der Waals surface area contributed by atoms with Gasteiger partial charge in [-0.05, 0) is 36.6 Å². The first kappa shape index (κ1) is 18.0. The van der Waals surface area contributed by atoms with Crippen molar-refractivity contribution in [1.29, 1.82) is 0 Å². The quantitative estimate of drug-likeness (QED) is 0.485. The number of benzene rings is 2. The number of amides is 1. The molecule has 0 saturated carbocycles. The van der Waals surface area contributed by atoms with Gasteiger partial charge in [-0.25, -0.2) is 4.98 Å². The number of H-pyrrole nitrogens is 1. The molecule has 0 fully saturated rings. The van der Waals surface area contributed by atoms with Gasteiger partial charge in [-0.15, -0.1) is 0 Å². The zero-order chi connectivity index (χ0) is 19.5. The number of fused-ring (bicyclic) bond motifs is 1. The predicted octanol–water partition coefficient (Wildman–Crippen LogP) is 3.23. The molecular weight excluding hydrogens is 350 g/mol. The molecule has 142 valence electrons. The van der Waals surface area contributed by atoms with Crippen molar-refractivity contribution in [1.82, 2.24) is 14.5 Å². The molecule has 0 bridgehead atoms. The molecule has 6 nitrogen and oxygen atoms in total. The van der Waals surface area contributed by atoms with Crippen LogP contribution in [-0.2, 0) is 17.8 Å². The Hall–Kier alpha value is -3.38. The van der Waals surface area contributed by atoms with Crippen LogP contribution in [0.1, 0.15) is 17.0 Å². The highest BCUT2D eigenvalue weighted by Gasteiger charge is 2.17. The standard InChI is InChI=1S/C22H23N5O/c1-15-24-10-11-27(15)14-16-6-2-4-8-20(16)26-22(28)19(23)12-17-13-25-21-9-5-3-7-18(17)21/h2-11,13,19,25H,12,14,23H2,1H3,(H,26,28)/t19-/m0/s1. The second-order valence-corrected chi connectivity index (χ2v) is 6.92. The van der Waals surface area contributed by atoms with E-state index >= 15 is 0 Å². The first-order valence-corrected chi connectivity index (χ1v) is 9.29. The number of aromatic nitrogens is 3. The molecule has 0 saturated heterocycles. The normalized spacial score (nSPS) is 12.2. The summed E-state index contributed by atoms with van der Waals surface area (Å²) in [4.78, 5) is 20.2. The summed E-state index contributed by atoms with van der Waals surface area (Å²) < 4.78 is 2.04. The van der Waals surface area contributed by atoms with E-state index in [1.807, 2.05) is 72.4 Å². The van der Waals surface area contributed by atoms with E-state index in [2.05, 4.69) is 15.3 Å². The van der Waals surface area contributed by atoms with E-state index in [1.165, 1.54) is 0 Å². The number of hydrogen-bond donors (Lipinski definition) is 3. The fourth-order valence-electron chi connectivity index (χ4n) is 3.39. The van der Waals surface area contributed by atoms with Gasteiger partial charge in [-0.1, -0.05) is 36.4 Å². The summed E-state index contributed by atoms with van der Waals surface area (Å²) in [7, 11) is 0. The number of para-hydroxylation sites is 2. The lowest BCUT2D eigenvalue weighted by atomic mass is 10.0. The molecule has 6 heteroatoms. The molecule has 4 aromatic rings. The van der Waals surface area contributed by atoms with E-state index in [1.54, 1.807) is 6.20 Å². The van der Waals surface area contributed by atoms with Gasteiger partial charge in [0.25, 0.3) is 0 Å². The largest absolute Gasteiger partial charge is 0.361 e. The lowest BCUT2D eigenvalue weighted by Gasteiger charge is -2.15. The highest BCUT2D eigenvalue weighted by Crippen LogP contribution is 2.20. The molecule has 2 heterocycles. The zero-order valence-corrected chi connectivity index (χ0v) is 15.7. The molecule has 2 aromatic heterocycles. The minimum Gasteiger partial charge on any atom is -0.361 e. The van der Waals surface area contributed by atoms with Crippen LogP contribution in [-0.4, -0.2) is 26.5 Å². The first-order chi connectivity index (χ1) is 13.6. The third kappa shape index (κ3) is 3.68. The number of carbonyl (C=O) groups excluding carboxylic acids is 1. The predicted molar refractivity (Wildman–Crippen MR) is 111 cm³/mol. The number of anilines is 1. The van der Waals surface area contributed by atoms with Crippen molar-refractivity contribution in [2.75, 3.05) is 5.32 Å². The molecule has 0 aliphatic carbocycles. The summed E-state index contributed by atoms with van der Waals surface area (Å²) in [6.07, 6.45) is 6.09. The van der Waals surface area contributed by atoms with Gasteiger partial charge in [-0.3, -0.25) is 4.79 Å². The summed E-state index contributed by atoms with van der Waals surface area (Å²) in [6.45, 7) is 2.60. The number of rotatable bonds is 6. The van der Waals surface area contributed by atoms with Gasteiger partial charge < -0.3 is 20.6 Å². The van der Waals surface area contributed by atoms with Crippen molar-refractivity contribution in [2.45, 2.75) is 25.9 Å². The molecule has 0 unspecified atom stereocenters. The Morgan fingerprint density at radius 3 is 2.79 bits per heavy atom. The van der Waals surface area contributed by atoms with Gasteiger partial charge in [0.2, 0.25) is 5.91 Å². The topological polar surface area (TPSA) is 88.7 Å². The fraction of sp³-hybridized carbons (Fsp3) is 0.182.